The first-order valence-corrected chi connectivity index (χ1v) is 11.5. The third-order valence-electron chi connectivity index (χ3n) is 6.40. The maximum atomic E-state index is 13.0. The van der Waals surface area contributed by atoms with E-state index in [2.05, 4.69) is 72.2 Å². The molecule has 174 valence electrons. The molecule has 0 saturated carbocycles. The summed E-state index contributed by atoms with van der Waals surface area (Å²) in [5.41, 5.74) is 3.51. The standard InChI is InChI=1S/C24H36N6O2/c1-7-20(22-26-27-28-30(22)24(5,6)8-2)29(10-9-11-31)15-19-14-18-13-16(3)12-17(4)21(18)25-23(19)32/h12-14,20,31H,7-11,15H2,1-6H3,(H,25,32)/t20-/m1/s1. The molecule has 2 aromatic heterocycles. The Bertz CT molecular complexity index is 1120. The van der Waals surface area contributed by atoms with Gasteiger partial charge in [-0.2, -0.15) is 0 Å². The van der Waals surface area contributed by atoms with E-state index in [1.54, 1.807) is 0 Å². The molecule has 2 heterocycles. The van der Waals surface area contributed by atoms with E-state index in [1.807, 2.05) is 17.7 Å². The van der Waals surface area contributed by atoms with Gasteiger partial charge in [-0.15, -0.1) is 5.10 Å². The van der Waals surface area contributed by atoms with Crippen molar-refractivity contribution < 1.29 is 5.11 Å². The van der Waals surface area contributed by atoms with Gasteiger partial charge in [-0.25, -0.2) is 4.68 Å². The minimum atomic E-state index is -0.218. The number of hydrogen-bond donors (Lipinski definition) is 2. The van der Waals surface area contributed by atoms with E-state index in [4.69, 9.17) is 0 Å². The van der Waals surface area contributed by atoms with Crippen LogP contribution in [-0.2, 0) is 12.1 Å². The van der Waals surface area contributed by atoms with Gasteiger partial charge in [0.05, 0.1) is 17.1 Å². The van der Waals surface area contributed by atoms with Gasteiger partial charge in [0.25, 0.3) is 5.56 Å². The van der Waals surface area contributed by atoms with Crippen LogP contribution in [0.5, 0.6) is 0 Å². The van der Waals surface area contributed by atoms with Crippen LogP contribution in [0.15, 0.2) is 23.0 Å². The van der Waals surface area contributed by atoms with Crippen LogP contribution in [0.25, 0.3) is 10.9 Å². The number of nitrogens with one attached hydrogen (secondary N) is 1. The van der Waals surface area contributed by atoms with Crippen LogP contribution < -0.4 is 5.56 Å². The molecule has 1 atom stereocenters. The molecule has 0 fully saturated rings. The van der Waals surface area contributed by atoms with E-state index in [0.717, 1.165) is 40.7 Å². The normalized spacial score (nSPS) is 13.2. The van der Waals surface area contributed by atoms with Gasteiger partial charge in [0, 0.05) is 25.3 Å². The van der Waals surface area contributed by atoms with Crippen LogP contribution in [-0.4, -0.2) is 48.3 Å². The Labute approximate surface area is 189 Å². The summed E-state index contributed by atoms with van der Waals surface area (Å²) in [6, 6.07) is 6.10. The quantitative estimate of drug-likeness (QED) is 0.500. The molecular weight excluding hydrogens is 404 g/mol. The number of aliphatic hydroxyl groups is 1. The van der Waals surface area contributed by atoms with Gasteiger partial charge in [0.1, 0.15) is 0 Å². The molecule has 8 heteroatoms. The molecule has 1 aromatic carbocycles. The van der Waals surface area contributed by atoms with Gasteiger partial charge < -0.3 is 10.1 Å². The number of H-pyrrole nitrogens is 1. The van der Waals surface area contributed by atoms with E-state index in [9.17, 15) is 9.90 Å². The SMILES string of the molecule is CC[C@H](c1nnnn1C(C)(C)CC)N(CCCO)Cc1cc2cc(C)cc(C)c2[nH]c1=O. The van der Waals surface area contributed by atoms with Crippen LogP contribution >= 0.6 is 0 Å². The van der Waals surface area contributed by atoms with Crippen molar-refractivity contribution in [3.05, 3.63) is 51.1 Å². The number of benzene rings is 1. The molecule has 0 aliphatic heterocycles. The molecule has 3 rings (SSSR count). The highest BCUT2D eigenvalue weighted by Crippen LogP contribution is 2.29. The van der Waals surface area contributed by atoms with Crippen molar-refractivity contribution >= 4 is 10.9 Å². The Morgan fingerprint density at radius 3 is 2.62 bits per heavy atom. The summed E-state index contributed by atoms with van der Waals surface area (Å²) in [5, 5.41) is 23.2. The topological polar surface area (TPSA) is 99.9 Å². The molecule has 0 unspecified atom stereocenters. The van der Waals surface area contributed by atoms with Crippen molar-refractivity contribution in [2.75, 3.05) is 13.2 Å². The summed E-state index contributed by atoms with van der Waals surface area (Å²) in [4.78, 5) is 18.3. The fourth-order valence-corrected chi connectivity index (χ4v) is 4.27. The number of aromatic nitrogens is 5. The number of aromatic amines is 1. The van der Waals surface area contributed by atoms with Gasteiger partial charge in [-0.05, 0) is 80.5 Å². The van der Waals surface area contributed by atoms with Gasteiger partial charge in [-0.1, -0.05) is 25.5 Å². The van der Waals surface area contributed by atoms with E-state index in [-0.39, 0.29) is 23.7 Å². The lowest BCUT2D eigenvalue weighted by Crippen LogP contribution is -2.37. The highest BCUT2D eigenvalue weighted by atomic mass is 16.3. The van der Waals surface area contributed by atoms with Crippen molar-refractivity contribution in [2.45, 2.75) is 78.9 Å². The predicted octanol–water partition coefficient (Wildman–Crippen LogP) is 3.61. The average molecular weight is 441 g/mol. The fourth-order valence-electron chi connectivity index (χ4n) is 4.27. The van der Waals surface area contributed by atoms with Crippen LogP contribution in [0.1, 0.15) is 75.5 Å². The molecular formula is C24H36N6O2. The maximum Gasteiger partial charge on any atom is 0.252 e. The second kappa shape index (κ2) is 9.92. The summed E-state index contributed by atoms with van der Waals surface area (Å²) >= 11 is 0. The third kappa shape index (κ3) is 4.91. The van der Waals surface area contributed by atoms with E-state index in [0.29, 0.717) is 25.1 Å². The molecule has 8 nitrogen and oxygen atoms in total. The third-order valence-corrected chi connectivity index (χ3v) is 6.40. The molecule has 0 amide bonds. The smallest absolute Gasteiger partial charge is 0.252 e. The highest BCUT2D eigenvalue weighted by molar-refractivity contribution is 5.82. The van der Waals surface area contributed by atoms with Gasteiger partial charge in [0.15, 0.2) is 5.82 Å². The minimum absolute atomic E-state index is 0.0725. The second-order valence-electron chi connectivity index (χ2n) is 9.26. The lowest BCUT2D eigenvalue weighted by molar-refractivity contribution is 0.144. The first-order chi connectivity index (χ1) is 15.2. The lowest BCUT2D eigenvalue weighted by atomic mass is 10.0. The largest absolute Gasteiger partial charge is 0.396 e. The zero-order valence-electron chi connectivity index (χ0n) is 20.1. The Morgan fingerprint density at radius 2 is 1.97 bits per heavy atom. The molecule has 0 aliphatic carbocycles. The summed E-state index contributed by atoms with van der Waals surface area (Å²) < 4.78 is 1.91. The van der Waals surface area contributed by atoms with Crippen molar-refractivity contribution in [1.29, 1.82) is 0 Å². The Hall–Kier alpha value is -2.58. The number of nitrogens with zero attached hydrogens (tertiary/aromatic N) is 5. The van der Waals surface area contributed by atoms with Gasteiger partial charge in [0.2, 0.25) is 0 Å². The number of tetrazole rings is 1. The monoisotopic (exact) mass is 440 g/mol. The summed E-state index contributed by atoms with van der Waals surface area (Å²) in [7, 11) is 0. The minimum Gasteiger partial charge on any atom is -0.396 e. The molecule has 2 N–H and O–H groups in total. The van der Waals surface area contributed by atoms with Crippen LogP contribution in [0, 0.1) is 13.8 Å². The molecule has 3 aromatic rings. The second-order valence-corrected chi connectivity index (χ2v) is 9.26. The fraction of sp³-hybridized carbons (Fsp3) is 0.583. The zero-order valence-corrected chi connectivity index (χ0v) is 20.1. The number of rotatable bonds is 10. The van der Waals surface area contributed by atoms with Crippen LogP contribution in [0.3, 0.4) is 0 Å². The van der Waals surface area contributed by atoms with Crippen molar-refractivity contribution in [2.24, 2.45) is 0 Å². The number of pyridine rings is 1. The van der Waals surface area contributed by atoms with Gasteiger partial charge >= 0.3 is 0 Å². The van der Waals surface area contributed by atoms with Crippen LogP contribution in [0.2, 0.25) is 0 Å². The highest BCUT2D eigenvalue weighted by Gasteiger charge is 2.30. The van der Waals surface area contributed by atoms with Crippen molar-refractivity contribution in [3.8, 4) is 0 Å². The Kier molecular flexibility index (Phi) is 7.46. The van der Waals surface area contributed by atoms with Crippen molar-refractivity contribution in [1.82, 2.24) is 30.1 Å². The number of hydrogen-bond acceptors (Lipinski definition) is 6. The van der Waals surface area contributed by atoms with E-state index in [1.165, 1.54) is 0 Å². The molecule has 0 spiro atoms. The lowest BCUT2D eigenvalue weighted by Gasteiger charge is -2.33. The summed E-state index contributed by atoms with van der Waals surface area (Å²) in [6.45, 7) is 13.7. The number of aliphatic hydroxyl groups excluding tert-OH is 1. The Balaban J connectivity index is 2.03. The first kappa shape index (κ1) is 24.1. The number of aryl methyl sites for hydroxylation is 2. The Morgan fingerprint density at radius 1 is 1.22 bits per heavy atom. The molecule has 0 radical (unpaired) electrons. The van der Waals surface area contributed by atoms with Crippen LogP contribution in [0.4, 0.5) is 0 Å². The average Bonchev–Trinajstić information content (AvgIpc) is 3.24. The molecule has 0 bridgehead atoms. The summed E-state index contributed by atoms with van der Waals surface area (Å²) in [5.74, 6) is 0.793. The first-order valence-electron chi connectivity index (χ1n) is 11.5. The van der Waals surface area contributed by atoms with E-state index < -0.39 is 0 Å². The molecule has 32 heavy (non-hydrogen) atoms. The zero-order chi connectivity index (χ0) is 23.5. The van der Waals surface area contributed by atoms with E-state index >= 15 is 0 Å². The summed E-state index contributed by atoms with van der Waals surface area (Å²) in [6.07, 6.45) is 2.29. The van der Waals surface area contributed by atoms with Crippen molar-refractivity contribution in [3.63, 3.8) is 0 Å². The predicted molar refractivity (Wildman–Crippen MR) is 127 cm³/mol. The molecule has 0 saturated heterocycles. The molecule has 0 aliphatic rings. The number of fused-ring (bicyclic) bond motifs is 1. The maximum absolute atomic E-state index is 13.0. The van der Waals surface area contributed by atoms with Gasteiger partial charge in [-0.3, -0.25) is 9.69 Å².